The molecular formula is C15H22BrN3O. The molecule has 1 aliphatic carbocycles. The first-order valence-corrected chi connectivity index (χ1v) is 8.08. The van der Waals surface area contributed by atoms with E-state index in [0.717, 1.165) is 50.0 Å². The third-order valence-electron chi connectivity index (χ3n) is 4.37. The van der Waals surface area contributed by atoms with Crippen LogP contribution in [-0.2, 0) is 17.6 Å². The number of aryl methyl sites for hydroxylation is 1. The summed E-state index contributed by atoms with van der Waals surface area (Å²) in [5.41, 5.74) is 12.7. The Morgan fingerprint density at radius 2 is 2.10 bits per heavy atom. The highest BCUT2D eigenvalue weighted by Gasteiger charge is 2.35. The van der Waals surface area contributed by atoms with E-state index in [9.17, 15) is 0 Å². The predicted octanol–water partition coefficient (Wildman–Crippen LogP) is 1.47. The first-order chi connectivity index (χ1) is 9.71. The summed E-state index contributed by atoms with van der Waals surface area (Å²) in [6.45, 7) is 4.15. The van der Waals surface area contributed by atoms with Crippen molar-refractivity contribution in [1.82, 2.24) is 10.4 Å². The minimum absolute atomic E-state index is 0.00182. The average molecular weight is 340 g/mol. The van der Waals surface area contributed by atoms with E-state index in [0.29, 0.717) is 6.54 Å². The van der Waals surface area contributed by atoms with Crippen molar-refractivity contribution in [2.45, 2.75) is 24.8 Å². The van der Waals surface area contributed by atoms with Crippen LogP contribution in [0, 0.1) is 0 Å². The molecule has 0 amide bonds. The van der Waals surface area contributed by atoms with Crippen molar-refractivity contribution in [3.05, 3.63) is 33.8 Å². The molecule has 0 bridgehead atoms. The number of hydrazine groups is 1. The molecular weight excluding hydrogens is 318 g/mol. The second-order valence-electron chi connectivity index (χ2n) is 5.79. The molecule has 1 atom stereocenters. The summed E-state index contributed by atoms with van der Waals surface area (Å²) >= 11 is 3.55. The number of nitrogens with two attached hydrogens (primary N) is 1. The van der Waals surface area contributed by atoms with Gasteiger partial charge in [0.2, 0.25) is 0 Å². The maximum atomic E-state index is 6.11. The van der Waals surface area contributed by atoms with E-state index in [4.69, 9.17) is 10.5 Å². The summed E-state index contributed by atoms with van der Waals surface area (Å²) in [5, 5.41) is 2.28. The number of nitrogens with one attached hydrogen (secondary N) is 1. The highest BCUT2D eigenvalue weighted by molar-refractivity contribution is 9.10. The number of nitrogens with zero attached hydrogens (tertiary/aromatic N) is 1. The molecule has 3 rings (SSSR count). The molecule has 0 radical (unpaired) electrons. The van der Waals surface area contributed by atoms with E-state index < -0.39 is 0 Å². The van der Waals surface area contributed by atoms with Crippen LogP contribution in [0.4, 0.5) is 0 Å². The maximum Gasteiger partial charge on any atom is 0.0608 e. The second kappa shape index (κ2) is 6.12. The Bertz CT molecular complexity index is 476. The lowest BCUT2D eigenvalue weighted by Gasteiger charge is -2.43. The fourth-order valence-corrected chi connectivity index (χ4v) is 3.56. The zero-order chi connectivity index (χ0) is 14.0. The van der Waals surface area contributed by atoms with Gasteiger partial charge in [0.05, 0.1) is 13.2 Å². The predicted molar refractivity (Wildman–Crippen MR) is 83.5 cm³/mol. The molecule has 1 heterocycles. The van der Waals surface area contributed by atoms with Crippen molar-refractivity contribution in [1.29, 1.82) is 0 Å². The van der Waals surface area contributed by atoms with Gasteiger partial charge in [-0.1, -0.05) is 22.0 Å². The third kappa shape index (κ3) is 3.07. The van der Waals surface area contributed by atoms with Crippen molar-refractivity contribution in [3.8, 4) is 0 Å². The van der Waals surface area contributed by atoms with Crippen molar-refractivity contribution >= 4 is 15.9 Å². The van der Waals surface area contributed by atoms with E-state index in [1.54, 1.807) is 0 Å². The van der Waals surface area contributed by atoms with Gasteiger partial charge in [-0.05, 0) is 42.5 Å². The lowest BCUT2D eigenvalue weighted by Crippen LogP contribution is -2.62. The van der Waals surface area contributed by atoms with Gasteiger partial charge >= 0.3 is 0 Å². The molecule has 0 spiro atoms. The highest BCUT2D eigenvalue weighted by atomic mass is 79.9. The Labute approximate surface area is 128 Å². The molecule has 20 heavy (non-hydrogen) atoms. The van der Waals surface area contributed by atoms with E-state index in [2.05, 4.69) is 44.6 Å². The van der Waals surface area contributed by atoms with Crippen LogP contribution < -0.4 is 11.2 Å². The Kier molecular flexibility index (Phi) is 4.43. The van der Waals surface area contributed by atoms with Gasteiger partial charge in [-0.3, -0.25) is 0 Å². The van der Waals surface area contributed by atoms with Crippen LogP contribution in [0.25, 0.3) is 0 Å². The molecule has 1 unspecified atom stereocenters. The second-order valence-corrected chi connectivity index (χ2v) is 6.70. The van der Waals surface area contributed by atoms with Gasteiger partial charge in [-0.15, -0.1) is 0 Å². The Balaban J connectivity index is 1.75. The number of hydrogen-bond acceptors (Lipinski definition) is 4. The minimum Gasteiger partial charge on any atom is -0.379 e. The number of benzene rings is 1. The van der Waals surface area contributed by atoms with Gasteiger partial charge in [0, 0.05) is 29.6 Å². The molecule has 0 aromatic heterocycles. The smallest absolute Gasteiger partial charge is 0.0608 e. The van der Waals surface area contributed by atoms with E-state index >= 15 is 0 Å². The number of fused-ring (bicyclic) bond motifs is 1. The van der Waals surface area contributed by atoms with Crippen molar-refractivity contribution in [2.75, 3.05) is 32.8 Å². The molecule has 1 aromatic carbocycles. The number of ether oxygens (including phenoxy) is 1. The Morgan fingerprint density at radius 1 is 1.30 bits per heavy atom. The molecule has 1 fully saturated rings. The standard InChI is InChI=1S/C15H22BrN3O/c16-14-2-1-13-10-15(11-17,4-3-12(13)9-14)18-19-5-7-20-8-6-19/h1-2,9,18H,3-8,10-11,17H2. The lowest BCUT2D eigenvalue weighted by molar-refractivity contribution is -0.0142. The fourth-order valence-electron chi connectivity index (χ4n) is 3.15. The van der Waals surface area contributed by atoms with Crippen molar-refractivity contribution in [2.24, 2.45) is 5.73 Å². The minimum atomic E-state index is -0.00182. The van der Waals surface area contributed by atoms with Gasteiger partial charge in [-0.25, -0.2) is 10.4 Å². The number of hydrogen-bond donors (Lipinski definition) is 2. The maximum absolute atomic E-state index is 6.11. The lowest BCUT2D eigenvalue weighted by atomic mass is 9.78. The van der Waals surface area contributed by atoms with Crippen LogP contribution in [0.1, 0.15) is 17.5 Å². The van der Waals surface area contributed by atoms with Gasteiger partial charge in [0.15, 0.2) is 0 Å². The first-order valence-electron chi connectivity index (χ1n) is 7.29. The monoisotopic (exact) mass is 339 g/mol. The van der Waals surface area contributed by atoms with Crippen molar-refractivity contribution in [3.63, 3.8) is 0 Å². The van der Waals surface area contributed by atoms with Crippen LogP contribution in [0.3, 0.4) is 0 Å². The molecule has 1 aliphatic heterocycles. The largest absolute Gasteiger partial charge is 0.379 e. The first kappa shape index (κ1) is 14.5. The summed E-state index contributed by atoms with van der Waals surface area (Å²) in [4.78, 5) is 0. The van der Waals surface area contributed by atoms with Gasteiger partial charge in [0.25, 0.3) is 0 Å². The quantitative estimate of drug-likeness (QED) is 0.875. The van der Waals surface area contributed by atoms with E-state index in [-0.39, 0.29) is 5.54 Å². The summed E-state index contributed by atoms with van der Waals surface area (Å²) in [6.07, 6.45) is 3.18. The topological polar surface area (TPSA) is 50.5 Å². The van der Waals surface area contributed by atoms with Crippen LogP contribution in [0.2, 0.25) is 0 Å². The van der Waals surface area contributed by atoms with Gasteiger partial charge in [-0.2, -0.15) is 0 Å². The molecule has 2 aliphatic rings. The van der Waals surface area contributed by atoms with Gasteiger partial charge in [0.1, 0.15) is 0 Å². The van der Waals surface area contributed by atoms with Crippen LogP contribution >= 0.6 is 15.9 Å². The Hall–Kier alpha value is -0.460. The summed E-state index contributed by atoms with van der Waals surface area (Å²) in [6, 6.07) is 6.59. The normalized spacial score (nSPS) is 27.3. The Morgan fingerprint density at radius 3 is 2.85 bits per heavy atom. The van der Waals surface area contributed by atoms with E-state index in [1.165, 1.54) is 11.1 Å². The van der Waals surface area contributed by atoms with Crippen LogP contribution in [0.15, 0.2) is 22.7 Å². The summed E-state index contributed by atoms with van der Waals surface area (Å²) in [7, 11) is 0. The highest BCUT2D eigenvalue weighted by Crippen LogP contribution is 2.30. The average Bonchev–Trinajstić information content (AvgIpc) is 2.48. The molecule has 4 nitrogen and oxygen atoms in total. The SMILES string of the molecule is NCC1(NN2CCOCC2)CCc2cc(Br)ccc2C1. The fraction of sp³-hybridized carbons (Fsp3) is 0.600. The molecule has 5 heteroatoms. The molecule has 1 saturated heterocycles. The zero-order valence-electron chi connectivity index (χ0n) is 11.7. The molecule has 110 valence electrons. The molecule has 3 N–H and O–H groups in total. The number of rotatable bonds is 3. The summed E-state index contributed by atoms with van der Waals surface area (Å²) in [5.74, 6) is 0. The third-order valence-corrected chi connectivity index (χ3v) is 4.86. The van der Waals surface area contributed by atoms with Crippen LogP contribution in [-0.4, -0.2) is 43.4 Å². The van der Waals surface area contributed by atoms with E-state index in [1.807, 2.05) is 0 Å². The number of halogens is 1. The van der Waals surface area contributed by atoms with Crippen LogP contribution in [0.5, 0.6) is 0 Å². The number of morpholine rings is 1. The molecule has 0 saturated carbocycles. The zero-order valence-corrected chi connectivity index (χ0v) is 13.3. The van der Waals surface area contributed by atoms with Gasteiger partial charge < -0.3 is 10.5 Å². The molecule has 1 aromatic rings. The van der Waals surface area contributed by atoms with Crippen molar-refractivity contribution < 1.29 is 4.74 Å². The summed E-state index contributed by atoms with van der Waals surface area (Å²) < 4.78 is 6.57.